The van der Waals surface area contributed by atoms with E-state index in [4.69, 9.17) is 5.41 Å². The molecule has 0 aliphatic carbocycles. The summed E-state index contributed by atoms with van der Waals surface area (Å²) in [4.78, 5) is 71.5. The molecule has 0 radical (unpaired) electrons. The minimum atomic E-state index is -0.705. The summed E-state index contributed by atoms with van der Waals surface area (Å²) in [5.41, 5.74) is 4.69. The Bertz CT molecular complexity index is 2020. The number of piperidine rings is 2. The van der Waals surface area contributed by atoms with Gasteiger partial charge in [0.05, 0.1) is 29.5 Å². The fourth-order valence-corrected chi connectivity index (χ4v) is 6.41. The van der Waals surface area contributed by atoms with Crippen LogP contribution >= 0.6 is 0 Å². The van der Waals surface area contributed by atoms with E-state index in [9.17, 15) is 19.2 Å². The molecule has 3 aliphatic rings. The molecular formula is C35H35N11O4. The molecule has 1 unspecified atom stereocenters. The van der Waals surface area contributed by atoms with Gasteiger partial charge in [-0.3, -0.25) is 29.5 Å². The average Bonchev–Trinajstić information content (AvgIpc) is 3.47. The Morgan fingerprint density at radius 2 is 1.80 bits per heavy atom. The number of hydrogen-bond acceptors (Lipinski definition) is 12. The van der Waals surface area contributed by atoms with Crippen molar-refractivity contribution in [2.45, 2.75) is 44.3 Å². The molecule has 7 rings (SSSR count). The Hall–Kier alpha value is -6.25. The van der Waals surface area contributed by atoms with E-state index in [2.05, 4.69) is 41.2 Å². The molecule has 254 valence electrons. The minimum absolute atomic E-state index is 0.0240. The molecule has 0 bridgehead atoms. The average molecular weight is 674 g/mol. The Morgan fingerprint density at radius 1 is 0.980 bits per heavy atom. The normalized spacial score (nSPS) is 18.1. The highest BCUT2D eigenvalue weighted by Gasteiger charge is 2.40. The number of benzene rings is 2. The van der Waals surface area contributed by atoms with Crippen molar-refractivity contribution in [2.75, 3.05) is 30.3 Å². The maximum atomic E-state index is 13.2. The van der Waals surface area contributed by atoms with E-state index in [1.807, 2.05) is 35.2 Å². The molecule has 15 heteroatoms. The lowest BCUT2D eigenvalue weighted by Crippen LogP contribution is -2.52. The Kier molecular flexibility index (Phi) is 9.10. The zero-order valence-electron chi connectivity index (χ0n) is 27.1. The van der Waals surface area contributed by atoms with Gasteiger partial charge in [0.15, 0.2) is 0 Å². The summed E-state index contributed by atoms with van der Waals surface area (Å²) in [5.74, 6) is -0.381. The van der Waals surface area contributed by atoms with Gasteiger partial charge in [0.25, 0.3) is 5.91 Å². The predicted octanol–water partition coefficient (Wildman–Crippen LogP) is 2.61. The van der Waals surface area contributed by atoms with Gasteiger partial charge in [0.2, 0.25) is 23.7 Å². The van der Waals surface area contributed by atoms with Gasteiger partial charge in [-0.15, -0.1) is 0 Å². The van der Waals surface area contributed by atoms with Crippen molar-refractivity contribution in [3.8, 4) is 0 Å². The van der Waals surface area contributed by atoms with E-state index < -0.39 is 11.9 Å². The number of nitrogens with zero attached hydrogens (tertiary/aromatic N) is 6. The number of likely N-dealkylation sites (tertiary alicyclic amines) is 1. The quantitative estimate of drug-likeness (QED) is 0.123. The fraction of sp³-hybridized carbons (Fsp3) is 0.286. The van der Waals surface area contributed by atoms with Crippen LogP contribution in [-0.2, 0) is 20.9 Å². The summed E-state index contributed by atoms with van der Waals surface area (Å²) in [6, 6.07) is 14.0. The largest absolute Gasteiger partial charge is 0.387 e. The standard InChI is InChI=1S/C35H35N11O4/c36-16-21(28-18-39-26-5-1-2-6-27(26)41-28)17-38-22-11-14-45(15-12-22)32(48)19-40-35-37-13-10-30(43-35)42-25-7-3-4-23-24(25)20-46(34(23)50)29-8-9-31(47)44-33(29)49/h1-7,10,13,16-18,22,29,36,38H,8-9,11-12,14-15,19-20H2,(H,44,47,49)(H2,37,40,42,43)/b21-17+,36-16?. The van der Waals surface area contributed by atoms with E-state index in [0.717, 1.165) is 29.4 Å². The SMILES string of the molecule is N=C/C(=C\NC1CCN(C(=O)CNc2nccc(Nc3cccc4c3CN(C3CCC(=O)NC3=O)C4=O)n2)CC1)c1cnc2ccccc2n1. The van der Waals surface area contributed by atoms with Crippen LogP contribution in [0.25, 0.3) is 16.6 Å². The van der Waals surface area contributed by atoms with Crippen molar-refractivity contribution in [1.29, 1.82) is 5.41 Å². The Balaban J connectivity index is 0.910. The van der Waals surface area contributed by atoms with Gasteiger partial charge in [-0.05, 0) is 49.6 Å². The molecule has 5 N–H and O–H groups in total. The molecule has 50 heavy (non-hydrogen) atoms. The lowest BCUT2D eigenvalue weighted by Gasteiger charge is -2.32. The summed E-state index contributed by atoms with van der Waals surface area (Å²) in [7, 11) is 0. The molecule has 2 aromatic carbocycles. The van der Waals surface area contributed by atoms with Crippen LogP contribution in [0.1, 0.15) is 47.3 Å². The molecule has 3 aliphatic heterocycles. The lowest BCUT2D eigenvalue weighted by atomic mass is 10.0. The molecule has 2 aromatic heterocycles. The molecule has 0 saturated carbocycles. The summed E-state index contributed by atoms with van der Waals surface area (Å²) in [6.07, 6.45) is 8.26. The summed E-state index contributed by atoms with van der Waals surface area (Å²) in [5, 5.41) is 19.9. The van der Waals surface area contributed by atoms with E-state index in [1.165, 1.54) is 11.1 Å². The third-order valence-electron chi connectivity index (χ3n) is 9.12. The number of allylic oxidation sites excluding steroid dienone is 1. The highest BCUT2D eigenvalue weighted by atomic mass is 16.2. The van der Waals surface area contributed by atoms with E-state index in [-0.39, 0.29) is 55.6 Å². The van der Waals surface area contributed by atoms with Gasteiger partial charge >= 0.3 is 0 Å². The van der Waals surface area contributed by atoms with Crippen LogP contribution in [-0.4, -0.2) is 91.3 Å². The van der Waals surface area contributed by atoms with Crippen molar-refractivity contribution < 1.29 is 19.2 Å². The first-order chi connectivity index (χ1) is 24.4. The summed E-state index contributed by atoms with van der Waals surface area (Å²) < 4.78 is 0. The molecular weight excluding hydrogens is 638 g/mol. The first-order valence-corrected chi connectivity index (χ1v) is 16.4. The number of carbonyl (C=O) groups excluding carboxylic acids is 4. The third kappa shape index (κ3) is 6.83. The van der Waals surface area contributed by atoms with E-state index in [1.54, 1.807) is 36.8 Å². The number of para-hydroxylation sites is 2. The lowest BCUT2D eigenvalue weighted by molar-refractivity contribution is -0.137. The fourth-order valence-electron chi connectivity index (χ4n) is 6.41. The van der Waals surface area contributed by atoms with Crippen molar-refractivity contribution in [3.05, 3.63) is 83.9 Å². The van der Waals surface area contributed by atoms with Crippen LogP contribution in [0, 0.1) is 5.41 Å². The molecule has 2 saturated heterocycles. The number of anilines is 3. The Labute approximate surface area is 287 Å². The van der Waals surface area contributed by atoms with Crippen LogP contribution in [0.5, 0.6) is 0 Å². The molecule has 0 spiro atoms. The van der Waals surface area contributed by atoms with Gasteiger partial charge < -0.3 is 31.2 Å². The summed E-state index contributed by atoms with van der Waals surface area (Å²) >= 11 is 0. The maximum Gasteiger partial charge on any atom is 0.255 e. The number of nitrogens with one attached hydrogen (secondary N) is 5. The topological polar surface area (TPSA) is 198 Å². The highest BCUT2D eigenvalue weighted by molar-refractivity contribution is 6.08. The Morgan fingerprint density at radius 3 is 2.60 bits per heavy atom. The number of amides is 4. The number of hydrogen-bond donors (Lipinski definition) is 5. The highest BCUT2D eigenvalue weighted by Crippen LogP contribution is 2.33. The van der Waals surface area contributed by atoms with Crippen LogP contribution < -0.4 is 21.3 Å². The van der Waals surface area contributed by atoms with E-state index >= 15 is 0 Å². The smallest absolute Gasteiger partial charge is 0.255 e. The molecule has 4 aromatic rings. The van der Waals surface area contributed by atoms with Gasteiger partial charge in [0, 0.05) is 73.1 Å². The van der Waals surface area contributed by atoms with Crippen LogP contribution in [0.2, 0.25) is 0 Å². The predicted molar refractivity (Wildman–Crippen MR) is 185 cm³/mol. The van der Waals surface area contributed by atoms with Crippen molar-refractivity contribution in [1.82, 2.24) is 40.4 Å². The van der Waals surface area contributed by atoms with Crippen LogP contribution in [0.4, 0.5) is 17.5 Å². The zero-order chi connectivity index (χ0) is 34.6. The number of fused-ring (bicyclic) bond motifs is 2. The molecule has 5 heterocycles. The molecule has 4 amide bonds. The van der Waals surface area contributed by atoms with Gasteiger partial charge in [0.1, 0.15) is 11.9 Å². The second-order valence-electron chi connectivity index (χ2n) is 12.3. The van der Waals surface area contributed by atoms with Crippen LogP contribution in [0.15, 0.2) is 67.1 Å². The number of carbonyl (C=O) groups is 4. The molecule has 15 nitrogen and oxygen atoms in total. The summed E-state index contributed by atoms with van der Waals surface area (Å²) in [6.45, 7) is 1.41. The monoisotopic (exact) mass is 673 g/mol. The molecule has 2 fully saturated rings. The first kappa shape index (κ1) is 32.3. The second-order valence-corrected chi connectivity index (χ2v) is 12.3. The van der Waals surface area contributed by atoms with E-state index in [0.29, 0.717) is 41.4 Å². The van der Waals surface area contributed by atoms with Crippen LogP contribution in [0.3, 0.4) is 0 Å². The number of aromatic nitrogens is 4. The molecule has 1 atom stereocenters. The van der Waals surface area contributed by atoms with Crippen molar-refractivity contribution >= 4 is 63.9 Å². The van der Waals surface area contributed by atoms with Crippen molar-refractivity contribution in [3.63, 3.8) is 0 Å². The number of imide groups is 1. The van der Waals surface area contributed by atoms with Gasteiger partial charge in [-0.25, -0.2) is 9.97 Å². The van der Waals surface area contributed by atoms with Crippen molar-refractivity contribution in [2.24, 2.45) is 0 Å². The number of rotatable bonds is 10. The van der Waals surface area contributed by atoms with Gasteiger partial charge in [-0.2, -0.15) is 4.98 Å². The first-order valence-electron chi connectivity index (χ1n) is 16.4. The van der Waals surface area contributed by atoms with Gasteiger partial charge in [-0.1, -0.05) is 18.2 Å². The maximum absolute atomic E-state index is 13.2. The minimum Gasteiger partial charge on any atom is -0.387 e. The second kappa shape index (κ2) is 14.1. The third-order valence-corrected chi connectivity index (χ3v) is 9.12. The zero-order valence-corrected chi connectivity index (χ0v) is 27.1.